The number of benzene rings is 2. The number of hydrogen-bond donors (Lipinski definition) is 2. The topological polar surface area (TPSA) is 122 Å². The van der Waals surface area contributed by atoms with Gasteiger partial charge in [0.1, 0.15) is 5.75 Å². The Hall–Kier alpha value is -3.32. The molecule has 176 valence electrons. The van der Waals surface area contributed by atoms with E-state index < -0.39 is 39.7 Å². The monoisotopic (exact) mass is 485 g/mol. The van der Waals surface area contributed by atoms with Crippen LogP contribution in [-0.2, 0) is 14.8 Å². The maximum atomic E-state index is 13.1. The van der Waals surface area contributed by atoms with Gasteiger partial charge >= 0.3 is 12.1 Å². The minimum atomic E-state index is -4.82. The molecular formula is C20H18F3N3O6S. The van der Waals surface area contributed by atoms with Gasteiger partial charge in [0.15, 0.2) is 5.58 Å². The van der Waals surface area contributed by atoms with Crippen molar-refractivity contribution in [3.63, 3.8) is 0 Å². The Morgan fingerprint density at radius 3 is 2.61 bits per heavy atom. The van der Waals surface area contributed by atoms with E-state index in [2.05, 4.69) is 15.0 Å². The number of oxazole rings is 1. The van der Waals surface area contributed by atoms with E-state index in [9.17, 15) is 31.2 Å². The van der Waals surface area contributed by atoms with Crippen LogP contribution < -0.4 is 15.8 Å². The number of alkyl halides is 3. The molecule has 0 saturated carbocycles. The summed E-state index contributed by atoms with van der Waals surface area (Å²) in [6.45, 7) is 0.142. The summed E-state index contributed by atoms with van der Waals surface area (Å²) in [5, 5.41) is 2.59. The maximum Gasteiger partial charge on any atom is 0.573 e. The number of nitrogens with one attached hydrogen (secondary N) is 2. The van der Waals surface area contributed by atoms with E-state index in [-0.39, 0.29) is 29.3 Å². The lowest BCUT2D eigenvalue weighted by atomic mass is 9.99. The second-order valence-electron chi connectivity index (χ2n) is 7.44. The van der Waals surface area contributed by atoms with Gasteiger partial charge in [0.05, 0.1) is 16.3 Å². The van der Waals surface area contributed by atoms with Gasteiger partial charge < -0.3 is 14.5 Å². The highest BCUT2D eigenvalue weighted by molar-refractivity contribution is 7.89. The van der Waals surface area contributed by atoms with Crippen LogP contribution in [0.3, 0.4) is 0 Å². The largest absolute Gasteiger partial charge is 0.573 e. The molecule has 1 fully saturated rings. The number of aromatic amines is 1. The highest BCUT2D eigenvalue weighted by atomic mass is 32.2. The Labute approximate surface area is 185 Å². The van der Waals surface area contributed by atoms with Gasteiger partial charge in [-0.2, -0.15) is 4.31 Å². The third-order valence-corrected chi connectivity index (χ3v) is 7.00. The van der Waals surface area contributed by atoms with Crippen molar-refractivity contribution in [3.8, 4) is 5.75 Å². The molecule has 0 radical (unpaired) electrons. The lowest BCUT2D eigenvalue weighted by Gasteiger charge is -2.31. The molecule has 0 spiro atoms. The number of rotatable bonds is 5. The predicted octanol–water partition coefficient (Wildman–Crippen LogP) is 3.06. The first-order chi connectivity index (χ1) is 15.5. The Bertz CT molecular complexity index is 1330. The number of amides is 1. The van der Waals surface area contributed by atoms with Crippen molar-refractivity contribution in [3.05, 3.63) is 53.0 Å². The summed E-state index contributed by atoms with van der Waals surface area (Å²) in [7, 11) is -3.95. The first-order valence-corrected chi connectivity index (χ1v) is 11.2. The molecule has 1 aromatic heterocycles. The van der Waals surface area contributed by atoms with Gasteiger partial charge in [-0.25, -0.2) is 13.2 Å². The molecule has 13 heteroatoms. The van der Waals surface area contributed by atoms with Crippen LogP contribution in [0, 0.1) is 5.92 Å². The molecule has 4 rings (SSSR count). The number of carbonyl (C=O) groups is 1. The Kier molecular flexibility index (Phi) is 5.93. The summed E-state index contributed by atoms with van der Waals surface area (Å²) >= 11 is 0. The number of anilines is 1. The molecule has 2 heterocycles. The summed E-state index contributed by atoms with van der Waals surface area (Å²) < 4.78 is 72.8. The van der Waals surface area contributed by atoms with Gasteiger partial charge in [0.25, 0.3) is 0 Å². The smallest absolute Gasteiger partial charge is 0.408 e. The van der Waals surface area contributed by atoms with Crippen molar-refractivity contribution < 1.29 is 35.5 Å². The van der Waals surface area contributed by atoms with Crippen molar-refractivity contribution in [1.29, 1.82) is 0 Å². The Balaban J connectivity index is 1.44. The van der Waals surface area contributed by atoms with Crippen molar-refractivity contribution in [2.45, 2.75) is 24.1 Å². The zero-order valence-corrected chi connectivity index (χ0v) is 17.7. The van der Waals surface area contributed by atoms with Crippen LogP contribution in [0.4, 0.5) is 18.9 Å². The van der Waals surface area contributed by atoms with Crippen LogP contribution in [0.2, 0.25) is 0 Å². The number of piperidine rings is 1. The molecule has 0 aliphatic carbocycles. The first-order valence-electron chi connectivity index (χ1n) is 9.81. The van der Waals surface area contributed by atoms with Gasteiger partial charge in [0.2, 0.25) is 15.9 Å². The number of hydrogen-bond acceptors (Lipinski definition) is 6. The summed E-state index contributed by atoms with van der Waals surface area (Å²) in [6, 6.07) is 8.67. The number of H-pyrrole nitrogens is 1. The molecular weight excluding hydrogens is 467 g/mol. The fourth-order valence-corrected chi connectivity index (χ4v) is 5.13. The van der Waals surface area contributed by atoms with Gasteiger partial charge in [-0.3, -0.25) is 9.78 Å². The zero-order chi connectivity index (χ0) is 23.8. The number of fused-ring (bicyclic) bond motifs is 1. The normalized spacial score (nSPS) is 17.7. The Morgan fingerprint density at radius 2 is 1.91 bits per heavy atom. The number of halogens is 3. The molecule has 0 unspecified atom stereocenters. The van der Waals surface area contributed by atoms with Crippen molar-refractivity contribution in [1.82, 2.24) is 9.29 Å². The van der Waals surface area contributed by atoms with E-state index in [1.165, 1.54) is 34.6 Å². The van der Waals surface area contributed by atoms with Crippen molar-refractivity contribution in [2.75, 3.05) is 18.4 Å². The molecule has 1 saturated heterocycles. The molecule has 2 aromatic carbocycles. The van der Waals surface area contributed by atoms with Gasteiger partial charge in [-0.05, 0) is 49.2 Å². The van der Waals surface area contributed by atoms with E-state index in [1.54, 1.807) is 0 Å². The molecule has 9 nitrogen and oxygen atoms in total. The van der Waals surface area contributed by atoms with Gasteiger partial charge in [-0.15, -0.1) is 13.2 Å². The fraction of sp³-hybridized carbons (Fsp3) is 0.300. The number of nitrogens with zero attached hydrogens (tertiary/aromatic N) is 1. The second kappa shape index (κ2) is 8.56. The molecule has 33 heavy (non-hydrogen) atoms. The second-order valence-corrected chi connectivity index (χ2v) is 9.37. The fourth-order valence-electron chi connectivity index (χ4n) is 3.59. The third kappa shape index (κ3) is 5.20. The highest BCUT2D eigenvalue weighted by Gasteiger charge is 2.34. The van der Waals surface area contributed by atoms with Crippen molar-refractivity contribution in [2.24, 2.45) is 5.92 Å². The van der Waals surface area contributed by atoms with Crippen LogP contribution in [0.25, 0.3) is 11.1 Å². The van der Waals surface area contributed by atoms with Crippen LogP contribution >= 0.6 is 0 Å². The molecule has 1 aliphatic heterocycles. The maximum absolute atomic E-state index is 13.1. The van der Waals surface area contributed by atoms with Crippen LogP contribution in [0.15, 0.2) is 56.6 Å². The highest BCUT2D eigenvalue weighted by Crippen LogP contribution is 2.27. The van der Waals surface area contributed by atoms with E-state index >= 15 is 0 Å². The van der Waals surface area contributed by atoms with E-state index in [1.807, 2.05) is 0 Å². The SMILES string of the molecule is O=C(Nc1ccc(OC(F)(F)F)cc1)[C@@H]1CCCN(S(=O)(=O)c2ccc3[nH]c(=O)oc3c2)C1. The number of ether oxygens (including phenoxy) is 1. The summed E-state index contributed by atoms with van der Waals surface area (Å²) in [6.07, 6.45) is -3.94. The summed E-state index contributed by atoms with van der Waals surface area (Å²) in [4.78, 5) is 26.3. The lowest BCUT2D eigenvalue weighted by Crippen LogP contribution is -2.43. The quantitative estimate of drug-likeness (QED) is 0.573. The van der Waals surface area contributed by atoms with E-state index in [0.717, 1.165) is 12.1 Å². The average molecular weight is 485 g/mol. The third-order valence-electron chi connectivity index (χ3n) is 5.14. The molecule has 3 aromatic rings. The number of carbonyl (C=O) groups excluding carboxylic acids is 1. The van der Waals surface area contributed by atoms with Crippen LogP contribution in [0.1, 0.15) is 12.8 Å². The van der Waals surface area contributed by atoms with Crippen molar-refractivity contribution >= 4 is 32.7 Å². The van der Waals surface area contributed by atoms with Gasteiger partial charge in [-0.1, -0.05) is 0 Å². The van der Waals surface area contributed by atoms with E-state index in [4.69, 9.17) is 4.42 Å². The molecule has 2 N–H and O–H groups in total. The summed E-state index contributed by atoms with van der Waals surface area (Å²) in [5.74, 6) is -2.24. The zero-order valence-electron chi connectivity index (χ0n) is 16.9. The average Bonchev–Trinajstić information content (AvgIpc) is 3.13. The molecule has 1 atom stereocenters. The number of aromatic nitrogens is 1. The number of sulfonamides is 1. The summed E-state index contributed by atoms with van der Waals surface area (Å²) in [5.41, 5.74) is 0.717. The van der Waals surface area contributed by atoms with Crippen LogP contribution in [-0.4, -0.2) is 43.1 Å². The minimum Gasteiger partial charge on any atom is -0.408 e. The van der Waals surface area contributed by atoms with E-state index in [0.29, 0.717) is 18.4 Å². The predicted molar refractivity (Wildman–Crippen MR) is 110 cm³/mol. The first kappa shape index (κ1) is 22.9. The Morgan fingerprint density at radius 1 is 1.18 bits per heavy atom. The van der Waals surface area contributed by atoms with Crippen LogP contribution in [0.5, 0.6) is 5.75 Å². The molecule has 1 amide bonds. The van der Waals surface area contributed by atoms with Gasteiger partial charge in [0, 0.05) is 24.8 Å². The molecule has 0 bridgehead atoms. The lowest BCUT2D eigenvalue weighted by molar-refractivity contribution is -0.274. The molecule has 1 aliphatic rings. The standard InChI is InChI=1S/C20H18F3N3O6S/c21-20(22,23)32-14-5-3-13(4-6-14)24-18(27)12-2-1-9-26(11-12)33(29,30)15-7-8-16-17(10-15)31-19(28)25-16/h3-8,10,12H,1-2,9,11H2,(H,24,27)(H,25,28)/t12-/m1/s1. The minimum absolute atomic E-state index is 0.0703.